The van der Waals surface area contributed by atoms with Crippen LogP contribution in [0.2, 0.25) is 0 Å². The summed E-state index contributed by atoms with van der Waals surface area (Å²) in [5.74, 6) is 0. The lowest BCUT2D eigenvalue weighted by Gasteiger charge is -2.10. The third-order valence-corrected chi connectivity index (χ3v) is 5.52. The van der Waals surface area contributed by atoms with Gasteiger partial charge in [-0.3, -0.25) is 0 Å². The van der Waals surface area contributed by atoms with E-state index in [1.54, 1.807) is 0 Å². The summed E-state index contributed by atoms with van der Waals surface area (Å²) in [6, 6.07) is 22.4. The Bertz CT molecular complexity index is 1180. The molecule has 0 unspecified atom stereocenters. The third kappa shape index (κ3) is 1.52. The SMILES string of the molecule is Cc1ccc2c(ccc3c4sccc4c4ccccc4c23)c1. The van der Waals surface area contributed by atoms with Gasteiger partial charge in [0, 0.05) is 15.5 Å². The second kappa shape index (κ2) is 4.31. The summed E-state index contributed by atoms with van der Waals surface area (Å²) in [5.41, 5.74) is 1.31. The highest BCUT2D eigenvalue weighted by atomic mass is 32.1. The van der Waals surface area contributed by atoms with E-state index in [4.69, 9.17) is 0 Å². The molecule has 0 radical (unpaired) electrons. The molecule has 0 aliphatic rings. The minimum atomic E-state index is 1.31. The Morgan fingerprint density at radius 2 is 1.50 bits per heavy atom. The summed E-state index contributed by atoms with van der Waals surface area (Å²) in [4.78, 5) is 0. The Morgan fingerprint density at radius 3 is 2.41 bits per heavy atom. The van der Waals surface area contributed by atoms with Crippen molar-refractivity contribution in [2.45, 2.75) is 6.92 Å². The molecule has 22 heavy (non-hydrogen) atoms. The molecule has 0 fully saturated rings. The number of hydrogen-bond acceptors (Lipinski definition) is 1. The summed E-state index contributed by atoms with van der Waals surface area (Å²) >= 11 is 1.84. The van der Waals surface area contributed by atoms with Gasteiger partial charge in [-0.25, -0.2) is 0 Å². The highest BCUT2D eigenvalue weighted by Crippen LogP contribution is 2.40. The topological polar surface area (TPSA) is 0 Å². The van der Waals surface area contributed by atoms with Crippen molar-refractivity contribution >= 4 is 53.7 Å². The fourth-order valence-electron chi connectivity index (χ4n) is 3.59. The van der Waals surface area contributed by atoms with Gasteiger partial charge in [-0.2, -0.15) is 0 Å². The molecule has 1 heteroatoms. The van der Waals surface area contributed by atoms with E-state index in [1.165, 1.54) is 48.0 Å². The summed E-state index contributed by atoms with van der Waals surface area (Å²) in [6.07, 6.45) is 0. The molecule has 0 saturated carbocycles. The van der Waals surface area contributed by atoms with Crippen molar-refractivity contribution in [2.24, 2.45) is 0 Å². The first kappa shape index (κ1) is 12.2. The lowest BCUT2D eigenvalue weighted by molar-refractivity contribution is 1.51. The Morgan fingerprint density at radius 1 is 0.682 bits per heavy atom. The van der Waals surface area contributed by atoms with Crippen LogP contribution in [0.15, 0.2) is 66.0 Å². The van der Waals surface area contributed by atoms with Gasteiger partial charge in [0.25, 0.3) is 0 Å². The number of hydrogen-bond donors (Lipinski definition) is 0. The van der Waals surface area contributed by atoms with E-state index in [9.17, 15) is 0 Å². The third-order valence-electron chi connectivity index (χ3n) is 4.57. The molecule has 0 nitrogen and oxygen atoms in total. The van der Waals surface area contributed by atoms with Gasteiger partial charge in [-0.15, -0.1) is 11.3 Å². The van der Waals surface area contributed by atoms with Gasteiger partial charge in [0.15, 0.2) is 0 Å². The smallest absolute Gasteiger partial charge is 0.0427 e. The van der Waals surface area contributed by atoms with Crippen LogP contribution < -0.4 is 0 Å². The van der Waals surface area contributed by atoms with Crippen molar-refractivity contribution in [1.82, 2.24) is 0 Å². The Hall–Kier alpha value is -2.38. The van der Waals surface area contributed by atoms with E-state index in [0.29, 0.717) is 0 Å². The van der Waals surface area contributed by atoms with Crippen LogP contribution in [0.4, 0.5) is 0 Å². The quantitative estimate of drug-likeness (QED) is 0.280. The lowest BCUT2D eigenvalue weighted by Crippen LogP contribution is -1.83. The van der Waals surface area contributed by atoms with E-state index in [2.05, 4.69) is 73.0 Å². The Balaban J connectivity index is 2.20. The van der Waals surface area contributed by atoms with Gasteiger partial charge in [0.1, 0.15) is 0 Å². The fourth-order valence-corrected chi connectivity index (χ4v) is 4.54. The summed E-state index contributed by atoms with van der Waals surface area (Å²) in [5, 5.41) is 11.7. The van der Waals surface area contributed by atoms with Crippen LogP contribution in [0, 0.1) is 6.92 Å². The van der Waals surface area contributed by atoms with Crippen LogP contribution in [-0.4, -0.2) is 0 Å². The van der Waals surface area contributed by atoms with Crippen LogP contribution in [0.3, 0.4) is 0 Å². The van der Waals surface area contributed by atoms with Gasteiger partial charge in [0.2, 0.25) is 0 Å². The zero-order valence-corrected chi connectivity index (χ0v) is 13.1. The molecular formula is C21H14S. The maximum atomic E-state index is 2.29. The van der Waals surface area contributed by atoms with Crippen molar-refractivity contribution in [3.8, 4) is 0 Å². The molecule has 0 aliphatic carbocycles. The molecule has 0 amide bonds. The molecule has 1 heterocycles. The van der Waals surface area contributed by atoms with Crippen LogP contribution in [-0.2, 0) is 0 Å². The molecule has 0 aliphatic heterocycles. The molecule has 0 atom stereocenters. The van der Waals surface area contributed by atoms with E-state index < -0.39 is 0 Å². The zero-order chi connectivity index (χ0) is 14.7. The minimum absolute atomic E-state index is 1.31. The first-order valence-corrected chi connectivity index (χ1v) is 8.42. The fraction of sp³-hybridized carbons (Fsp3) is 0.0476. The number of rotatable bonds is 0. The zero-order valence-electron chi connectivity index (χ0n) is 12.3. The highest BCUT2D eigenvalue weighted by molar-refractivity contribution is 7.18. The number of thiophene rings is 1. The van der Waals surface area contributed by atoms with Crippen LogP contribution >= 0.6 is 11.3 Å². The summed E-state index contributed by atoms with van der Waals surface area (Å²) in [6.45, 7) is 2.16. The molecule has 5 rings (SSSR count). The van der Waals surface area contributed by atoms with Gasteiger partial charge >= 0.3 is 0 Å². The average molecular weight is 298 g/mol. The van der Waals surface area contributed by atoms with Gasteiger partial charge in [-0.1, -0.05) is 60.2 Å². The van der Waals surface area contributed by atoms with Crippen molar-refractivity contribution < 1.29 is 0 Å². The monoisotopic (exact) mass is 298 g/mol. The Kier molecular flexibility index (Phi) is 2.39. The second-order valence-corrected chi connectivity index (χ2v) is 6.84. The summed E-state index contributed by atoms with van der Waals surface area (Å²) in [7, 11) is 0. The predicted molar refractivity (Wildman–Crippen MR) is 99.1 cm³/mol. The van der Waals surface area contributed by atoms with Crippen LogP contribution in [0.5, 0.6) is 0 Å². The maximum Gasteiger partial charge on any atom is 0.0427 e. The van der Waals surface area contributed by atoms with Gasteiger partial charge < -0.3 is 0 Å². The molecule has 0 saturated heterocycles. The molecule has 1 aromatic heterocycles. The molecule has 4 aromatic carbocycles. The molecular weight excluding hydrogens is 284 g/mol. The number of fused-ring (bicyclic) bond motifs is 8. The van der Waals surface area contributed by atoms with Crippen LogP contribution in [0.25, 0.3) is 42.4 Å². The first-order valence-electron chi connectivity index (χ1n) is 7.54. The lowest BCUT2D eigenvalue weighted by atomic mass is 9.94. The number of benzene rings is 4. The molecule has 5 aromatic rings. The standard InChI is InChI=1S/C21H14S/c1-13-6-8-15-14(12-13)7-9-19-20(15)17-5-3-2-4-16(17)18-10-11-22-21(18)19/h2-12H,1H3. The van der Waals surface area contributed by atoms with Crippen molar-refractivity contribution in [1.29, 1.82) is 0 Å². The van der Waals surface area contributed by atoms with E-state index >= 15 is 0 Å². The van der Waals surface area contributed by atoms with E-state index in [-0.39, 0.29) is 0 Å². The maximum absolute atomic E-state index is 2.29. The van der Waals surface area contributed by atoms with Crippen molar-refractivity contribution in [3.05, 3.63) is 71.6 Å². The van der Waals surface area contributed by atoms with Crippen LogP contribution in [0.1, 0.15) is 5.56 Å². The van der Waals surface area contributed by atoms with Gasteiger partial charge in [-0.05, 0) is 45.3 Å². The first-order chi connectivity index (χ1) is 10.8. The molecule has 0 bridgehead atoms. The van der Waals surface area contributed by atoms with E-state index in [0.717, 1.165) is 0 Å². The van der Waals surface area contributed by atoms with Gasteiger partial charge in [0.05, 0.1) is 0 Å². The predicted octanol–water partition coefficient (Wildman–Crippen LogP) is 6.67. The average Bonchev–Trinajstić information content (AvgIpc) is 3.04. The largest absolute Gasteiger partial charge is 0.143 e. The minimum Gasteiger partial charge on any atom is -0.143 e. The van der Waals surface area contributed by atoms with Crippen molar-refractivity contribution in [2.75, 3.05) is 0 Å². The molecule has 0 spiro atoms. The second-order valence-electron chi connectivity index (χ2n) is 5.92. The number of aryl methyl sites for hydroxylation is 1. The van der Waals surface area contributed by atoms with E-state index in [1.807, 2.05) is 11.3 Å². The molecule has 104 valence electrons. The summed E-state index contributed by atoms with van der Waals surface area (Å²) < 4.78 is 1.40. The molecule has 0 N–H and O–H groups in total. The van der Waals surface area contributed by atoms with Crippen molar-refractivity contribution in [3.63, 3.8) is 0 Å². The normalized spacial score (nSPS) is 11.9. The Labute approximate surface area is 132 Å². The highest BCUT2D eigenvalue weighted by Gasteiger charge is 2.11.